The van der Waals surface area contributed by atoms with Crippen LogP contribution in [0, 0.1) is 0 Å². The second-order valence-electron chi connectivity index (χ2n) is 6.26. The van der Waals surface area contributed by atoms with E-state index in [1.807, 2.05) is 20.8 Å². The molecule has 0 aromatic carbocycles. The Bertz CT molecular complexity index is 502. The Morgan fingerprint density at radius 2 is 2.29 bits per heavy atom. The fourth-order valence-corrected chi connectivity index (χ4v) is 2.61. The van der Waals surface area contributed by atoms with Gasteiger partial charge in [0, 0.05) is 25.3 Å². The van der Waals surface area contributed by atoms with Crippen molar-refractivity contribution < 1.29 is 9.53 Å². The first-order valence-electron chi connectivity index (χ1n) is 7.19. The van der Waals surface area contributed by atoms with Gasteiger partial charge in [-0.25, -0.2) is 4.79 Å². The van der Waals surface area contributed by atoms with Crippen LogP contribution in [-0.4, -0.2) is 35.8 Å². The van der Waals surface area contributed by atoms with Gasteiger partial charge in [0.1, 0.15) is 5.60 Å². The molecule has 0 radical (unpaired) electrons. The van der Waals surface area contributed by atoms with Gasteiger partial charge in [0.05, 0.1) is 16.9 Å². The number of hydrogen-bond donors (Lipinski definition) is 1. The number of piperidine rings is 1. The van der Waals surface area contributed by atoms with Crippen LogP contribution in [0.2, 0.25) is 5.02 Å². The van der Waals surface area contributed by atoms with Crippen molar-refractivity contribution in [1.29, 1.82) is 0 Å². The summed E-state index contributed by atoms with van der Waals surface area (Å²) in [7, 11) is 0. The van der Waals surface area contributed by atoms with Crippen LogP contribution in [-0.2, 0) is 4.74 Å². The summed E-state index contributed by atoms with van der Waals surface area (Å²) in [4.78, 5) is 18.1. The molecule has 21 heavy (non-hydrogen) atoms. The first-order chi connectivity index (χ1) is 9.85. The fourth-order valence-electron chi connectivity index (χ4n) is 2.39. The Labute approximate surface area is 130 Å². The third kappa shape index (κ3) is 4.77. The molecule has 1 fully saturated rings. The van der Waals surface area contributed by atoms with Crippen molar-refractivity contribution >= 4 is 23.4 Å². The summed E-state index contributed by atoms with van der Waals surface area (Å²) in [6.07, 6.45) is 5.00. The summed E-state index contributed by atoms with van der Waals surface area (Å²) in [6.45, 7) is 7.20. The number of anilines is 1. The number of pyridine rings is 1. The van der Waals surface area contributed by atoms with Gasteiger partial charge in [-0.15, -0.1) is 0 Å². The molecule has 0 saturated carbocycles. The fraction of sp³-hybridized carbons (Fsp3) is 0.600. The maximum absolute atomic E-state index is 11.8. The van der Waals surface area contributed by atoms with Crippen LogP contribution in [0.5, 0.6) is 0 Å². The van der Waals surface area contributed by atoms with Crippen molar-refractivity contribution in [3.05, 3.63) is 23.5 Å². The second-order valence-corrected chi connectivity index (χ2v) is 6.67. The number of ether oxygens (including phenoxy) is 1. The molecule has 1 aliphatic heterocycles. The van der Waals surface area contributed by atoms with Gasteiger partial charge in [-0.2, -0.15) is 0 Å². The van der Waals surface area contributed by atoms with Crippen LogP contribution >= 0.6 is 11.6 Å². The third-order valence-corrected chi connectivity index (χ3v) is 3.55. The molecular formula is C15H22ClN3O2. The lowest BCUT2D eigenvalue weighted by Crippen LogP contribution is -2.49. The van der Waals surface area contributed by atoms with E-state index in [4.69, 9.17) is 16.3 Å². The number of rotatable bonds is 2. The Kier molecular flexibility index (Phi) is 4.93. The van der Waals surface area contributed by atoms with Crippen molar-refractivity contribution in [3.8, 4) is 0 Å². The SMILES string of the molecule is CC(C)(C)OC(=O)N[C@H]1CCCN(c2cnccc2Cl)C1. The summed E-state index contributed by atoms with van der Waals surface area (Å²) in [5.74, 6) is 0. The maximum Gasteiger partial charge on any atom is 0.407 e. The van der Waals surface area contributed by atoms with Crippen molar-refractivity contribution in [2.24, 2.45) is 0 Å². The summed E-state index contributed by atoms with van der Waals surface area (Å²) < 4.78 is 5.30. The second kappa shape index (κ2) is 6.52. The average Bonchev–Trinajstić information content (AvgIpc) is 2.37. The van der Waals surface area contributed by atoms with Crippen LogP contribution in [0.4, 0.5) is 10.5 Å². The first-order valence-corrected chi connectivity index (χ1v) is 7.57. The summed E-state index contributed by atoms with van der Waals surface area (Å²) >= 11 is 6.20. The minimum Gasteiger partial charge on any atom is -0.444 e. The smallest absolute Gasteiger partial charge is 0.407 e. The Balaban J connectivity index is 1.95. The molecule has 1 aromatic rings. The molecule has 1 atom stereocenters. The number of alkyl carbamates (subject to hydrolysis) is 1. The van der Waals surface area contributed by atoms with Gasteiger partial charge in [0.2, 0.25) is 0 Å². The van der Waals surface area contributed by atoms with E-state index >= 15 is 0 Å². The minimum absolute atomic E-state index is 0.0601. The van der Waals surface area contributed by atoms with Crippen molar-refractivity contribution in [1.82, 2.24) is 10.3 Å². The van der Waals surface area contributed by atoms with Crippen molar-refractivity contribution in [2.75, 3.05) is 18.0 Å². The van der Waals surface area contributed by atoms with E-state index in [1.165, 1.54) is 0 Å². The normalized spacial score (nSPS) is 19.2. The monoisotopic (exact) mass is 311 g/mol. The molecule has 6 heteroatoms. The maximum atomic E-state index is 11.8. The van der Waals surface area contributed by atoms with E-state index in [-0.39, 0.29) is 12.1 Å². The predicted molar refractivity (Wildman–Crippen MR) is 83.9 cm³/mol. The molecule has 116 valence electrons. The summed E-state index contributed by atoms with van der Waals surface area (Å²) in [5, 5.41) is 3.61. The highest BCUT2D eigenvalue weighted by Crippen LogP contribution is 2.26. The van der Waals surface area contributed by atoms with Gasteiger partial charge in [-0.05, 0) is 39.7 Å². The molecule has 2 heterocycles. The molecule has 0 unspecified atom stereocenters. The number of carbonyl (C=O) groups is 1. The van der Waals surface area contributed by atoms with E-state index in [2.05, 4.69) is 15.2 Å². The number of amides is 1. The molecule has 0 aliphatic carbocycles. The first kappa shape index (κ1) is 15.9. The number of nitrogens with zero attached hydrogens (tertiary/aromatic N) is 2. The van der Waals surface area contributed by atoms with Gasteiger partial charge in [-0.3, -0.25) is 4.98 Å². The summed E-state index contributed by atoms with van der Waals surface area (Å²) in [5.41, 5.74) is 0.431. The molecule has 2 rings (SSSR count). The molecule has 0 spiro atoms. The zero-order valence-electron chi connectivity index (χ0n) is 12.7. The van der Waals surface area contributed by atoms with Crippen LogP contribution in [0.25, 0.3) is 0 Å². The van der Waals surface area contributed by atoms with Crippen LogP contribution in [0.3, 0.4) is 0 Å². The molecule has 1 amide bonds. The lowest BCUT2D eigenvalue weighted by molar-refractivity contribution is 0.0500. The summed E-state index contributed by atoms with van der Waals surface area (Å²) in [6, 6.07) is 1.84. The van der Waals surface area contributed by atoms with Crippen molar-refractivity contribution in [3.63, 3.8) is 0 Å². The number of hydrogen-bond acceptors (Lipinski definition) is 4. The van der Waals surface area contributed by atoms with E-state index < -0.39 is 5.60 Å². The van der Waals surface area contributed by atoms with Crippen LogP contribution in [0.15, 0.2) is 18.5 Å². The average molecular weight is 312 g/mol. The lowest BCUT2D eigenvalue weighted by atomic mass is 10.1. The van der Waals surface area contributed by atoms with E-state index in [0.29, 0.717) is 11.6 Å². The van der Waals surface area contributed by atoms with E-state index in [9.17, 15) is 4.79 Å². The van der Waals surface area contributed by atoms with Gasteiger partial charge < -0.3 is 15.0 Å². The zero-order chi connectivity index (χ0) is 15.5. The molecule has 0 bridgehead atoms. The predicted octanol–water partition coefficient (Wildman–Crippen LogP) is 3.23. The molecule has 1 saturated heterocycles. The molecule has 1 N–H and O–H groups in total. The Morgan fingerprint density at radius 1 is 1.52 bits per heavy atom. The van der Waals surface area contributed by atoms with Gasteiger partial charge >= 0.3 is 6.09 Å². The van der Waals surface area contributed by atoms with E-state index in [0.717, 1.165) is 25.1 Å². The van der Waals surface area contributed by atoms with E-state index in [1.54, 1.807) is 18.5 Å². The zero-order valence-corrected chi connectivity index (χ0v) is 13.5. The van der Waals surface area contributed by atoms with Gasteiger partial charge in [0.15, 0.2) is 0 Å². The third-order valence-electron chi connectivity index (χ3n) is 3.23. The number of halogens is 1. The van der Waals surface area contributed by atoms with Crippen LogP contribution < -0.4 is 10.2 Å². The molecule has 5 nitrogen and oxygen atoms in total. The standard InChI is InChI=1S/C15H22ClN3O2/c1-15(2,3)21-14(20)18-11-5-4-8-19(10-11)13-9-17-7-6-12(13)16/h6-7,9,11H,4-5,8,10H2,1-3H3,(H,18,20)/t11-/m0/s1. The largest absolute Gasteiger partial charge is 0.444 e. The van der Waals surface area contributed by atoms with Gasteiger partial charge in [-0.1, -0.05) is 11.6 Å². The highest BCUT2D eigenvalue weighted by atomic mass is 35.5. The molecular weight excluding hydrogens is 290 g/mol. The molecule has 1 aromatic heterocycles. The van der Waals surface area contributed by atoms with Crippen LogP contribution in [0.1, 0.15) is 33.6 Å². The minimum atomic E-state index is -0.481. The quantitative estimate of drug-likeness (QED) is 0.911. The number of carbonyl (C=O) groups excluding carboxylic acids is 1. The Morgan fingerprint density at radius 3 is 2.95 bits per heavy atom. The lowest BCUT2D eigenvalue weighted by Gasteiger charge is -2.35. The van der Waals surface area contributed by atoms with Crippen molar-refractivity contribution in [2.45, 2.75) is 45.3 Å². The van der Waals surface area contributed by atoms with Gasteiger partial charge in [0.25, 0.3) is 0 Å². The number of aromatic nitrogens is 1. The number of nitrogens with one attached hydrogen (secondary N) is 1. The highest BCUT2D eigenvalue weighted by Gasteiger charge is 2.25. The Hall–Kier alpha value is -1.49. The highest BCUT2D eigenvalue weighted by molar-refractivity contribution is 6.33. The topological polar surface area (TPSA) is 54.5 Å². The molecule has 1 aliphatic rings.